The van der Waals surface area contributed by atoms with Gasteiger partial charge in [0, 0.05) is 6.04 Å². The quantitative estimate of drug-likeness (QED) is 0.857. The van der Waals surface area contributed by atoms with Gasteiger partial charge in [-0.05, 0) is 44.0 Å². The van der Waals surface area contributed by atoms with E-state index in [1.54, 1.807) is 0 Å². The molecule has 0 radical (unpaired) electrons. The van der Waals surface area contributed by atoms with Gasteiger partial charge in [0.25, 0.3) is 0 Å². The molecule has 0 fully saturated rings. The molecule has 0 aliphatic heterocycles. The van der Waals surface area contributed by atoms with E-state index in [1.165, 1.54) is 23.6 Å². The largest absolute Gasteiger partial charge is 0.317 e. The molecule has 2 heteroatoms. The highest BCUT2D eigenvalue weighted by molar-refractivity contribution is 5.63. The SMILES string of the molecule is CC=O.CNC(C)Cc1ccc(-c2ccccc2)cc1. The average Bonchev–Trinajstić information content (AvgIpc) is 2.49. The van der Waals surface area contributed by atoms with Crippen LogP contribution in [0, 0.1) is 0 Å². The van der Waals surface area contributed by atoms with Crippen LogP contribution in [0.3, 0.4) is 0 Å². The lowest BCUT2D eigenvalue weighted by Crippen LogP contribution is -2.23. The molecule has 0 amide bonds. The second kappa shape index (κ2) is 9.05. The van der Waals surface area contributed by atoms with Crippen molar-refractivity contribution in [1.82, 2.24) is 5.32 Å². The molecule has 0 bridgehead atoms. The zero-order valence-corrected chi connectivity index (χ0v) is 12.5. The van der Waals surface area contributed by atoms with E-state index in [0.29, 0.717) is 6.04 Å². The fraction of sp³-hybridized carbons (Fsp3) is 0.278. The molecule has 2 aromatic carbocycles. The molecule has 0 saturated carbocycles. The molecule has 1 unspecified atom stereocenters. The van der Waals surface area contributed by atoms with Gasteiger partial charge in [0.2, 0.25) is 0 Å². The third kappa shape index (κ3) is 5.37. The Morgan fingerprint density at radius 3 is 2.00 bits per heavy atom. The predicted molar refractivity (Wildman–Crippen MR) is 85.8 cm³/mol. The molecule has 2 rings (SSSR count). The number of rotatable bonds is 4. The Bertz CT molecular complexity index is 491. The summed E-state index contributed by atoms with van der Waals surface area (Å²) >= 11 is 0. The second-order valence-electron chi connectivity index (χ2n) is 4.69. The third-order valence-electron chi connectivity index (χ3n) is 3.10. The Labute approximate surface area is 121 Å². The Morgan fingerprint density at radius 1 is 1.00 bits per heavy atom. The summed E-state index contributed by atoms with van der Waals surface area (Å²) in [6, 6.07) is 19.9. The number of carbonyl (C=O) groups excluding carboxylic acids is 1. The molecule has 2 nitrogen and oxygen atoms in total. The zero-order chi connectivity index (χ0) is 14.8. The van der Waals surface area contributed by atoms with Crippen molar-refractivity contribution < 1.29 is 4.79 Å². The van der Waals surface area contributed by atoms with Gasteiger partial charge in [-0.1, -0.05) is 54.6 Å². The van der Waals surface area contributed by atoms with Gasteiger partial charge < -0.3 is 10.1 Å². The number of nitrogens with one attached hydrogen (secondary N) is 1. The van der Waals surface area contributed by atoms with Gasteiger partial charge in [0.05, 0.1) is 0 Å². The van der Waals surface area contributed by atoms with E-state index in [-0.39, 0.29) is 0 Å². The fourth-order valence-electron chi connectivity index (χ4n) is 1.92. The van der Waals surface area contributed by atoms with Crippen molar-refractivity contribution in [1.29, 1.82) is 0 Å². The Hall–Kier alpha value is -1.93. The molecule has 106 valence electrons. The van der Waals surface area contributed by atoms with Crippen molar-refractivity contribution in [3.05, 3.63) is 60.2 Å². The normalized spacial score (nSPS) is 11.2. The minimum atomic E-state index is 0.526. The number of benzene rings is 2. The number of aldehydes is 1. The third-order valence-corrected chi connectivity index (χ3v) is 3.10. The summed E-state index contributed by atoms with van der Waals surface area (Å²) in [7, 11) is 2.00. The van der Waals surface area contributed by atoms with Crippen LogP contribution in [-0.2, 0) is 11.2 Å². The first-order chi connectivity index (χ1) is 9.71. The highest BCUT2D eigenvalue weighted by atomic mass is 16.1. The molecule has 0 heterocycles. The van der Waals surface area contributed by atoms with Crippen LogP contribution in [0.15, 0.2) is 54.6 Å². The highest BCUT2D eigenvalue weighted by Gasteiger charge is 2.01. The lowest BCUT2D eigenvalue weighted by Gasteiger charge is -2.10. The second-order valence-corrected chi connectivity index (χ2v) is 4.69. The van der Waals surface area contributed by atoms with Crippen LogP contribution >= 0.6 is 0 Å². The van der Waals surface area contributed by atoms with Crippen molar-refractivity contribution in [3.8, 4) is 11.1 Å². The Kier molecular flexibility index (Phi) is 7.30. The van der Waals surface area contributed by atoms with E-state index in [9.17, 15) is 0 Å². The summed E-state index contributed by atoms with van der Waals surface area (Å²) in [6.45, 7) is 3.64. The van der Waals surface area contributed by atoms with Gasteiger partial charge >= 0.3 is 0 Å². The summed E-state index contributed by atoms with van der Waals surface area (Å²) in [5.41, 5.74) is 3.94. The molecule has 20 heavy (non-hydrogen) atoms. The van der Waals surface area contributed by atoms with Gasteiger partial charge in [-0.2, -0.15) is 0 Å². The standard InChI is InChI=1S/C16H19N.C2H4O/c1-13(17-2)12-14-8-10-16(11-9-14)15-6-4-3-5-7-15;1-2-3/h3-11,13,17H,12H2,1-2H3;2H,1H3. The molecule has 0 aromatic heterocycles. The molecule has 1 N–H and O–H groups in total. The van der Waals surface area contributed by atoms with E-state index in [2.05, 4.69) is 60.8 Å². The van der Waals surface area contributed by atoms with E-state index in [4.69, 9.17) is 4.79 Å². The number of carbonyl (C=O) groups is 1. The van der Waals surface area contributed by atoms with Crippen molar-refractivity contribution in [2.45, 2.75) is 26.3 Å². The van der Waals surface area contributed by atoms with Gasteiger partial charge in [-0.3, -0.25) is 0 Å². The predicted octanol–water partition coefficient (Wildman–Crippen LogP) is 3.71. The van der Waals surface area contributed by atoms with Gasteiger partial charge in [-0.15, -0.1) is 0 Å². The summed E-state index contributed by atoms with van der Waals surface area (Å²) in [6.07, 6.45) is 1.82. The first-order valence-electron chi connectivity index (χ1n) is 6.92. The molecule has 0 aliphatic carbocycles. The van der Waals surface area contributed by atoms with Gasteiger partial charge in [0.1, 0.15) is 6.29 Å². The lowest BCUT2D eigenvalue weighted by molar-refractivity contribution is -0.106. The maximum atomic E-state index is 8.81. The summed E-state index contributed by atoms with van der Waals surface area (Å²) in [4.78, 5) is 8.81. The van der Waals surface area contributed by atoms with Crippen molar-refractivity contribution in [3.63, 3.8) is 0 Å². The maximum Gasteiger partial charge on any atom is 0.116 e. The average molecular weight is 269 g/mol. The minimum Gasteiger partial charge on any atom is -0.317 e. The summed E-state index contributed by atoms with van der Waals surface area (Å²) in [5.74, 6) is 0. The Morgan fingerprint density at radius 2 is 1.50 bits per heavy atom. The van der Waals surface area contributed by atoms with Gasteiger partial charge in [0.15, 0.2) is 0 Å². The fourth-order valence-corrected chi connectivity index (χ4v) is 1.92. The first-order valence-corrected chi connectivity index (χ1v) is 6.92. The minimum absolute atomic E-state index is 0.526. The smallest absolute Gasteiger partial charge is 0.116 e. The molecule has 0 saturated heterocycles. The Balaban J connectivity index is 0.000000612. The monoisotopic (exact) mass is 269 g/mol. The van der Waals surface area contributed by atoms with Crippen LogP contribution in [0.25, 0.3) is 11.1 Å². The molecule has 2 aromatic rings. The summed E-state index contributed by atoms with van der Waals surface area (Å²) < 4.78 is 0. The molecular formula is C18H23NO. The van der Waals surface area contributed by atoms with Crippen molar-refractivity contribution in [2.24, 2.45) is 0 Å². The van der Waals surface area contributed by atoms with Gasteiger partial charge in [-0.25, -0.2) is 0 Å². The van der Waals surface area contributed by atoms with Crippen LogP contribution in [0.4, 0.5) is 0 Å². The van der Waals surface area contributed by atoms with Crippen LogP contribution in [0.1, 0.15) is 19.4 Å². The van der Waals surface area contributed by atoms with Crippen LogP contribution in [0.2, 0.25) is 0 Å². The molecular weight excluding hydrogens is 246 g/mol. The van der Waals surface area contributed by atoms with E-state index in [1.807, 2.05) is 13.1 Å². The topological polar surface area (TPSA) is 29.1 Å². The van der Waals surface area contributed by atoms with Crippen LogP contribution < -0.4 is 5.32 Å². The van der Waals surface area contributed by atoms with E-state index in [0.717, 1.165) is 12.7 Å². The molecule has 0 aliphatic rings. The zero-order valence-electron chi connectivity index (χ0n) is 12.5. The lowest BCUT2D eigenvalue weighted by atomic mass is 10.0. The number of hydrogen-bond donors (Lipinski definition) is 1. The highest BCUT2D eigenvalue weighted by Crippen LogP contribution is 2.19. The number of likely N-dealkylation sites (N-methyl/N-ethyl adjacent to an activating group) is 1. The first kappa shape index (κ1) is 16.1. The van der Waals surface area contributed by atoms with Crippen LogP contribution in [-0.4, -0.2) is 19.4 Å². The number of hydrogen-bond acceptors (Lipinski definition) is 2. The maximum absolute atomic E-state index is 8.81. The molecule has 1 atom stereocenters. The summed E-state index contributed by atoms with van der Waals surface area (Å²) in [5, 5.41) is 3.26. The van der Waals surface area contributed by atoms with Crippen molar-refractivity contribution in [2.75, 3.05) is 7.05 Å². The van der Waals surface area contributed by atoms with Crippen LogP contribution in [0.5, 0.6) is 0 Å². The molecule has 0 spiro atoms. The van der Waals surface area contributed by atoms with Crippen molar-refractivity contribution >= 4 is 6.29 Å². The van der Waals surface area contributed by atoms with E-state index < -0.39 is 0 Å². The van der Waals surface area contributed by atoms with E-state index >= 15 is 0 Å².